The van der Waals surface area contributed by atoms with Gasteiger partial charge in [0, 0.05) is 56.9 Å². The van der Waals surface area contributed by atoms with Crippen molar-refractivity contribution in [3.63, 3.8) is 0 Å². The summed E-state index contributed by atoms with van der Waals surface area (Å²) in [5.41, 5.74) is -2.10. The van der Waals surface area contributed by atoms with Crippen molar-refractivity contribution >= 4 is 23.3 Å². The number of carbonyl (C=O) groups is 2. The van der Waals surface area contributed by atoms with Crippen LogP contribution in [0.3, 0.4) is 0 Å². The molecule has 0 aromatic heterocycles. The number of nitrogens with one attached hydrogen (secondary N) is 2. The Kier molecular flexibility index (Phi) is 11.0. The van der Waals surface area contributed by atoms with Crippen LogP contribution in [0, 0.1) is 16.0 Å². The predicted octanol–water partition coefficient (Wildman–Crippen LogP) is 5.26. The van der Waals surface area contributed by atoms with Crippen molar-refractivity contribution < 1.29 is 27.7 Å². The molecule has 0 bridgehead atoms. The molecule has 0 atom stereocenters. The Balaban J connectivity index is 0.00000481. The van der Waals surface area contributed by atoms with Gasteiger partial charge in [-0.25, -0.2) is 4.79 Å². The van der Waals surface area contributed by atoms with E-state index in [0.717, 1.165) is 50.9 Å². The third-order valence-electron chi connectivity index (χ3n) is 6.91. The van der Waals surface area contributed by atoms with Gasteiger partial charge in [-0.3, -0.25) is 14.9 Å². The molecular weight excluding hydrogens is 491 g/mol. The highest BCUT2D eigenvalue weighted by molar-refractivity contribution is 5.76. The molecular formula is C25H38F3N5O4. The van der Waals surface area contributed by atoms with E-state index in [4.69, 9.17) is 0 Å². The van der Waals surface area contributed by atoms with Crippen molar-refractivity contribution in [1.29, 1.82) is 0 Å². The molecule has 0 saturated carbocycles. The number of alkyl halides is 3. The molecule has 1 aromatic rings. The Labute approximate surface area is 215 Å². The number of hydrogen-bond donors (Lipinski definition) is 2. The van der Waals surface area contributed by atoms with E-state index in [1.165, 1.54) is 6.07 Å². The Morgan fingerprint density at radius 2 is 1.70 bits per heavy atom. The summed E-state index contributed by atoms with van der Waals surface area (Å²) in [6, 6.07) is 2.59. The quantitative estimate of drug-likeness (QED) is 0.353. The molecule has 0 spiro atoms. The second kappa shape index (κ2) is 13.5. The fraction of sp³-hybridized carbons (Fsp3) is 0.680. The third-order valence-corrected chi connectivity index (χ3v) is 6.91. The van der Waals surface area contributed by atoms with Crippen LogP contribution in [0.1, 0.15) is 64.9 Å². The van der Waals surface area contributed by atoms with Crippen LogP contribution in [0.4, 0.5) is 29.3 Å². The number of likely N-dealkylation sites (tertiary alicyclic amines) is 2. The minimum absolute atomic E-state index is 0. The van der Waals surface area contributed by atoms with Gasteiger partial charge in [0.25, 0.3) is 5.69 Å². The van der Waals surface area contributed by atoms with Crippen LogP contribution in [-0.2, 0) is 11.0 Å². The van der Waals surface area contributed by atoms with Crippen molar-refractivity contribution in [3.8, 4) is 0 Å². The standard InChI is InChI=1S/C24H34F3N5O4.CH4/c1-2-3-4-22(33)30-11-7-17(8-12-30)16-28-23(34)31-13-9-18(10-14-31)29-19-5-6-21(32(35)36)20(15-19)24(25,26)27;/h5-6,15,17-18,29H,2-4,7-14,16H2,1H3,(H,28,34);1H4. The first-order chi connectivity index (χ1) is 17.1. The third kappa shape index (κ3) is 8.50. The number of nitro benzene ring substituents is 1. The number of piperidine rings is 2. The lowest BCUT2D eigenvalue weighted by Gasteiger charge is -2.35. The van der Waals surface area contributed by atoms with Gasteiger partial charge >= 0.3 is 12.2 Å². The van der Waals surface area contributed by atoms with Crippen molar-refractivity contribution in [2.75, 3.05) is 38.0 Å². The first-order valence-electron chi connectivity index (χ1n) is 12.5. The number of halogens is 3. The lowest BCUT2D eigenvalue weighted by atomic mass is 9.96. The molecule has 3 amide bonds. The van der Waals surface area contributed by atoms with Crippen molar-refractivity contribution in [2.45, 2.75) is 71.5 Å². The molecule has 2 N–H and O–H groups in total. The highest BCUT2D eigenvalue weighted by Crippen LogP contribution is 2.37. The van der Waals surface area contributed by atoms with Gasteiger partial charge in [0.05, 0.1) is 4.92 Å². The van der Waals surface area contributed by atoms with Crippen LogP contribution in [0.25, 0.3) is 0 Å². The minimum Gasteiger partial charge on any atom is -0.382 e. The molecule has 0 aliphatic carbocycles. The van der Waals surface area contributed by atoms with Crippen LogP contribution in [0.5, 0.6) is 0 Å². The smallest absolute Gasteiger partial charge is 0.382 e. The van der Waals surface area contributed by atoms with E-state index in [2.05, 4.69) is 17.6 Å². The molecule has 9 nitrogen and oxygen atoms in total. The van der Waals surface area contributed by atoms with Crippen molar-refractivity contribution in [1.82, 2.24) is 15.1 Å². The average molecular weight is 530 g/mol. The van der Waals surface area contributed by atoms with E-state index in [1.807, 2.05) is 4.90 Å². The Morgan fingerprint density at radius 1 is 1.08 bits per heavy atom. The number of urea groups is 1. The number of nitro groups is 1. The van der Waals surface area contributed by atoms with Gasteiger partial charge in [-0.2, -0.15) is 13.2 Å². The van der Waals surface area contributed by atoms with Crippen molar-refractivity contribution in [3.05, 3.63) is 33.9 Å². The zero-order valence-corrected chi connectivity index (χ0v) is 20.5. The average Bonchev–Trinajstić information content (AvgIpc) is 2.86. The van der Waals surface area contributed by atoms with Gasteiger partial charge in [0.15, 0.2) is 0 Å². The number of nitrogens with zero attached hydrogens (tertiary/aromatic N) is 3. The molecule has 37 heavy (non-hydrogen) atoms. The van der Waals surface area contributed by atoms with E-state index in [-0.39, 0.29) is 31.1 Å². The number of carbonyl (C=O) groups excluding carboxylic acids is 2. The van der Waals surface area contributed by atoms with E-state index in [0.29, 0.717) is 44.8 Å². The zero-order chi connectivity index (χ0) is 26.3. The Bertz CT molecular complexity index is 927. The van der Waals surface area contributed by atoms with E-state index in [1.54, 1.807) is 4.90 Å². The van der Waals surface area contributed by atoms with Crippen LogP contribution in [0.2, 0.25) is 0 Å². The summed E-state index contributed by atoms with van der Waals surface area (Å²) >= 11 is 0. The molecule has 0 radical (unpaired) electrons. The van der Waals surface area contributed by atoms with Crippen molar-refractivity contribution in [2.24, 2.45) is 5.92 Å². The summed E-state index contributed by atoms with van der Waals surface area (Å²) in [4.78, 5) is 38.2. The number of unbranched alkanes of at least 4 members (excludes halogenated alkanes) is 1. The number of amides is 3. The predicted molar refractivity (Wildman–Crippen MR) is 135 cm³/mol. The molecule has 2 saturated heterocycles. The fourth-order valence-electron chi connectivity index (χ4n) is 4.69. The molecule has 208 valence electrons. The SMILES string of the molecule is C.CCCCC(=O)N1CCC(CNC(=O)N2CCC(Nc3ccc([N+](=O)[O-])c(C(F)(F)F)c3)CC2)CC1. The minimum atomic E-state index is -4.83. The highest BCUT2D eigenvalue weighted by Gasteiger charge is 2.38. The normalized spacial score (nSPS) is 17.2. The van der Waals surface area contributed by atoms with E-state index in [9.17, 15) is 32.9 Å². The molecule has 12 heteroatoms. The second-order valence-electron chi connectivity index (χ2n) is 9.51. The summed E-state index contributed by atoms with van der Waals surface area (Å²) in [6.07, 6.45) is 0.479. The van der Waals surface area contributed by atoms with Gasteiger partial charge in [0.1, 0.15) is 5.56 Å². The molecule has 2 aliphatic heterocycles. The molecule has 3 rings (SSSR count). The monoisotopic (exact) mass is 529 g/mol. The first-order valence-corrected chi connectivity index (χ1v) is 12.5. The summed E-state index contributed by atoms with van der Waals surface area (Å²) in [5, 5.41) is 16.9. The van der Waals surface area contributed by atoms with Crippen LogP contribution >= 0.6 is 0 Å². The number of anilines is 1. The lowest BCUT2D eigenvalue weighted by molar-refractivity contribution is -0.388. The van der Waals surface area contributed by atoms with Gasteiger partial charge in [0.2, 0.25) is 5.91 Å². The number of rotatable bonds is 8. The van der Waals surface area contributed by atoms with Crippen LogP contribution in [-0.4, -0.2) is 65.4 Å². The largest absolute Gasteiger partial charge is 0.423 e. The second-order valence-corrected chi connectivity index (χ2v) is 9.51. The highest BCUT2D eigenvalue weighted by atomic mass is 19.4. The zero-order valence-electron chi connectivity index (χ0n) is 20.5. The maximum Gasteiger partial charge on any atom is 0.423 e. The fourth-order valence-corrected chi connectivity index (χ4v) is 4.69. The molecule has 2 aliphatic rings. The van der Waals surface area contributed by atoms with Crippen LogP contribution < -0.4 is 10.6 Å². The number of hydrogen-bond acceptors (Lipinski definition) is 5. The summed E-state index contributed by atoms with van der Waals surface area (Å²) in [7, 11) is 0. The van der Waals surface area contributed by atoms with Gasteiger partial charge in [-0.15, -0.1) is 0 Å². The Hall–Kier alpha value is -3.05. The Morgan fingerprint density at radius 3 is 2.27 bits per heavy atom. The number of benzene rings is 1. The molecule has 0 unspecified atom stereocenters. The summed E-state index contributed by atoms with van der Waals surface area (Å²) < 4.78 is 39.6. The van der Waals surface area contributed by atoms with Gasteiger partial charge < -0.3 is 20.4 Å². The first kappa shape index (κ1) is 30.2. The molecule has 1 aromatic carbocycles. The van der Waals surface area contributed by atoms with Crippen LogP contribution in [0.15, 0.2) is 18.2 Å². The maximum absolute atomic E-state index is 13.2. The van der Waals surface area contributed by atoms with E-state index >= 15 is 0 Å². The topological polar surface area (TPSA) is 108 Å². The molecule has 2 heterocycles. The molecule has 2 fully saturated rings. The van der Waals surface area contributed by atoms with Gasteiger partial charge in [-0.1, -0.05) is 20.8 Å². The summed E-state index contributed by atoms with van der Waals surface area (Å²) in [6.45, 7) is 4.96. The van der Waals surface area contributed by atoms with Gasteiger partial charge in [-0.05, 0) is 50.2 Å². The lowest BCUT2D eigenvalue weighted by Crippen LogP contribution is -2.48. The van der Waals surface area contributed by atoms with E-state index < -0.39 is 22.4 Å². The summed E-state index contributed by atoms with van der Waals surface area (Å²) in [5.74, 6) is 0.535. The maximum atomic E-state index is 13.2.